The Hall–Kier alpha value is -1.65. The Balaban J connectivity index is 2.06. The van der Waals surface area contributed by atoms with E-state index in [0.717, 1.165) is 6.42 Å². The first kappa shape index (κ1) is 12.8. The summed E-state index contributed by atoms with van der Waals surface area (Å²) in [6.45, 7) is 3.53. The monoisotopic (exact) mass is 251 g/mol. The van der Waals surface area contributed by atoms with Crippen LogP contribution in [0.4, 0.5) is 0 Å². The quantitative estimate of drug-likeness (QED) is 0.555. The number of hydrogen-bond donors (Lipinski definition) is 0. The number of rotatable bonds is 3. The average Bonchev–Trinajstić information content (AvgIpc) is 2.86. The Labute approximate surface area is 106 Å². The second-order valence-corrected chi connectivity index (χ2v) is 5.01. The Morgan fingerprint density at radius 2 is 1.89 bits per heavy atom. The number of imide groups is 1. The van der Waals surface area contributed by atoms with Crippen LogP contribution in [0.1, 0.15) is 33.1 Å². The molecule has 2 rings (SSSR count). The van der Waals surface area contributed by atoms with Crippen molar-refractivity contribution in [3.8, 4) is 0 Å². The predicted octanol–water partition coefficient (Wildman–Crippen LogP) is 1.03. The largest absolute Gasteiger partial charge is 0.460 e. The first-order valence-electron chi connectivity index (χ1n) is 6.26. The van der Waals surface area contributed by atoms with Crippen molar-refractivity contribution in [3.63, 3.8) is 0 Å². The first-order valence-corrected chi connectivity index (χ1v) is 6.26. The maximum Gasteiger partial charge on any atom is 0.308 e. The minimum atomic E-state index is -0.354. The molecule has 2 amide bonds. The highest BCUT2D eigenvalue weighted by Crippen LogP contribution is 2.29. The van der Waals surface area contributed by atoms with E-state index < -0.39 is 0 Å². The highest BCUT2D eigenvalue weighted by atomic mass is 16.5. The molecule has 0 aromatic rings. The van der Waals surface area contributed by atoms with Crippen molar-refractivity contribution in [2.45, 2.75) is 45.3 Å². The molecule has 2 aliphatic rings. The third-order valence-electron chi connectivity index (χ3n) is 3.33. The smallest absolute Gasteiger partial charge is 0.308 e. The number of carbonyl (C=O) groups is 3. The van der Waals surface area contributed by atoms with Gasteiger partial charge in [0.15, 0.2) is 0 Å². The highest BCUT2D eigenvalue weighted by Gasteiger charge is 2.41. The molecule has 1 saturated carbocycles. The predicted molar refractivity (Wildman–Crippen MR) is 63.4 cm³/mol. The minimum absolute atomic E-state index is 0.200. The van der Waals surface area contributed by atoms with Crippen LogP contribution in [-0.2, 0) is 19.1 Å². The summed E-state index contributed by atoms with van der Waals surface area (Å²) < 4.78 is 5.38. The second-order valence-electron chi connectivity index (χ2n) is 5.01. The van der Waals surface area contributed by atoms with E-state index in [-0.39, 0.29) is 35.8 Å². The highest BCUT2D eigenvalue weighted by molar-refractivity contribution is 6.13. The van der Waals surface area contributed by atoms with Gasteiger partial charge >= 0.3 is 5.97 Å². The second kappa shape index (κ2) is 4.92. The molecular formula is C13H17NO4. The van der Waals surface area contributed by atoms with Gasteiger partial charge in [-0.2, -0.15) is 0 Å². The Morgan fingerprint density at radius 1 is 1.28 bits per heavy atom. The first-order chi connectivity index (χ1) is 8.50. The van der Waals surface area contributed by atoms with Crippen LogP contribution in [0.5, 0.6) is 0 Å². The van der Waals surface area contributed by atoms with Crippen LogP contribution in [0.25, 0.3) is 0 Å². The zero-order valence-corrected chi connectivity index (χ0v) is 10.6. The fraction of sp³-hybridized carbons (Fsp3) is 0.615. The van der Waals surface area contributed by atoms with Crippen molar-refractivity contribution in [1.29, 1.82) is 0 Å². The van der Waals surface area contributed by atoms with Crippen LogP contribution in [0.3, 0.4) is 0 Å². The summed E-state index contributed by atoms with van der Waals surface area (Å²) in [5, 5.41) is 0. The molecule has 5 heteroatoms. The fourth-order valence-corrected chi connectivity index (χ4v) is 2.36. The Kier molecular flexibility index (Phi) is 3.50. The molecule has 0 N–H and O–H groups in total. The van der Waals surface area contributed by atoms with Gasteiger partial charge in [-0.1, -0.05) is 13.8 Å². The summed E-state index contributed by atoms with van der Waals surface area (Å²) in [6.07, 6.45) is 4.45. The lowest BCUT2D eigenvalue weighted by Crippen LogP contribution is -2.46. The van der Waals surface area contributed by atoms with Crippen molar-refractivity contribution < 1.29 is 19.1 Å². The Bertz CT molecular complexity index is 395. The Morgan fingerprint density at radius 3 is 2.44 bits per heavy atom. The molecule has 0 unspecified atom stereocenters. The van der Waals surface area contributed by atoms with Gasteiger partial charge in [0.25, 0.3) is 11.8 Å². The van der Waals surface area contributed by atoms with Crippen molar-refractivity contribution in [2.24, 2.45) is 5.92 Å². The third kappa shape index (κ3) is 2.30. The van der Waals surface area contributed by atoms with E-state index in [2.05, 4.69) is 0 Å². The van der Waals surface area contributed by atoms with Crippen LogP contribution < -0.4 is 0 Å². The summed E-state index contributed by atoms with van der Waals surface area (Å²) in [6, 6.07) is -0.303. The molecule has 0 aromatic carbocycles. The van der Waals surface area contributed by atoms with Gasteiger partial charge in [-0.05, 0) is 19.3 Å². The molecule has 98 valence electrons. The SMILES string of the molecule is CC(C)C(=O)O[C@H]1CCC[C@@H]1N1C(=O)C=CC1=O. The van der Waals surface area contributed by atoms with E-state index in [4.69, 9.17) is 4.74 Å². The number of ether oxygens (including phenoxy) is 1. The van der Waals surface area contributed by atoms with E-state index in [1.165, 1.54) is 17.1 Å². The van der Waals surface area contributed by atoms with Gasteiger partial charge in [0, 0.05) is 12.2 Å². The zero-order chi connectivity index (χ0) is 13.3. The molecule has 5 nitrogen and oxygen atoms in total. The molecule has 1 heterocycles. The van der Waals surface area contributed by atoms with Gasteiger partial charge in [-0.3, -0.25) is 19.3 Å². The summed E-state index contributed by atoms with van der Waals surface area (Å²) in [7, 11) is 0. The normalized spacial score (nSPS) is 27.4. The third-order valence-corrected chi connectivity index (χ3v) is 3.33. The molecule has 0 saturated heterocycles. The van der Waals surface area contributed by atoms with Crippen LogP contribution in [-0.4, -0.2) is 34.8 Å². The van der Waals surface area contributed by atoms with Crippen molar-refractivity contribution in [1.82, 2.24) is 4.90 Å². The molecule has 1 aliphatic carbocycles. The number of amides is 2. The van der Waals surface area contributed by atoms with Crippen LogP contribution >= 0.6 is 0 Å². The number of nitrogens with zero attached hydrogens (tertiary/aromatic N) is 1. The molecule has 18 heavy (non-hydrogen) atoms. The molecule has 0 spiro atoms. The van der Waals surface area contributed by atoms with Crippen molar-refractivity contribution in [2.75, 3.05) is 0 Å². The minimum Gasteiger partial charge on any atom is -0.460 e. The topological polar surface area (TPSA) is 63.7 Å². The summed E-state index contributed by atoms with van der Waals surface area (Å²) in [5.41, 5.74) is 0. The molecule has 0 bridgehead atoms. The molecule has 0 radical (unpaired) electrons. The lowest BCUT2D eigenvalue weighted by Gasteiger charge is -2.28. The van der Waals surface area contributed by atoms with Crippen LogP contribution in [0.2, 0.25) is 0 Å². The number of carbonyl (C=O) groups excluding carboxylic acids is 3. The average molecular weight is 251 g/mol. The number of hydrogen-bond acceptors (Lipinski definition) is 4. The van der Waals surface area contributed by atoms with Gasteiger partial charge < -0.3 is 4.74 Å². The fourth-order valence-electron chi connectivity index (χ4n) is 2.36. The molecule has 1 aliphatic heterocycles. The zero-order valence-electron chi connectivity index (χ0n) is 10.6. The van der Waals surface area contributed by atoms with Gasteiger partial charge in [0.2, 0.25) is 0 Å². The molecule has 1 fully saturated rings. The summed E-state index contributed by atoms with van der Waals surface area (Å²) in [5.74, 6) is -1.09. The van der Waals surface area contributed by atoms with E-state index in [0.29, 0.717) is 12.8 Å². The van der Waals surface area contributed by atoms with Crippen LogP contribution in [0, 0.1) is 5.92 Å². The van der Waals surface area contributed by atoms with E-state index in [1.807, 2.05) is 0 Å². The van der Waals surface area contributed by atoms with Crippen molar-refractivity contribution in [3.05, 3.63) is 12.2 Å². The standard InChI is InChI=1S/C13H17NO4/c1-8(2)13(17)18-10-5-3-4-9(10)14-11(15)6-7-12(14)16/h6-10H,3-5H2,1-2H3/t9-,10-/m0/s1. The number of esters is 1. The van der Waals surface area contributed by atoms with E-state index >= 15 is 0 Å². The maximum atomic E-state index is 11.6. The van der Waals surface area contributed by atoms with Gasteiger partial charge in [-0.15, -0.1) is 0 Å². The van der Waals surface area contributed by atoms with Gasteiger partial charge in [0.1, 0.15) is 6.10 Å². The molecular weight excluding hydrogens is 234 g/mol. The van der Waals surface area contributed by atoms with E-state index in [1.54, 1.807) is 13.8 Å². The summed E-state index contributed by atoms with van der Waals surface area (Å²) >= 11 is 0. The molecule has 0 aromatic heterocycles. The summed E-state index contributed by atoms with van der Waals surface area (Å²) in [4.78, 5) is 36.0. The van der Waals surface area contributed by atoms with Gasteiger partial charge in [-0.25, -0.2) is 0 Å². The lowest BCUT2D eigenvalue weighted by atomic mass is 10.1. The molecule has 2 atom stereocenters. The maximum absolute atomic E-state index is 11.6. The van der Waals surface area contributed by atoms with Gasteiger partial charge in [0.05, 0.1) is 12.0 Å². The van der Waals surface area contributed by atoms with Crippen LogP contribution in [0.15, 0.2) is 12.2 Å². The van der Waals surface area contributed by atoms with E-state index in [9.17, 15) is 14.4 Å². The lowest BCUT2D eigenvalue weighted by molar-refractivity contribution is -0.159. The van der Waals surface area contributed by atoms with Crippen molar-refractivity contribution >= 4 is 17.8 Å².